The van der Waals surface area contributed by atoms with Crippen LogP contribution in [0.4, 0.5) is 0 Å². The van der Waals surface area contributed by atoms with Gasteiger partial charge in [-0.15, -0.1) is 0 Å². The zero-order valence-corrected chi connectivity index (χ0v) is 20.5. The number of hydrogen-bond donors (Lipinski definition) is 0. The van der Waals surface area contributed by atoms with Gasteiger partial charge >= 0.3 is 0 Å². The van der Waals surface area contributed by atoms with E-state index in [1.165, 1.54) is 0 Å². The fraction of sp³-hybridized carbons (Fsp3) is 0.233. The quantitative estimate of drug-likeness (QED) is 0.437. The second kappa shape index (κ2) is 9.57. The lowest BCUT2D eigenvalue weighted by atomic mass is 10.0. The molecule has 2 aliphatic rings. The topological polar surface area (TPSA) is 72.6 Å². The van der Waals surface area contributed by atoms with Gasteiger partial charge in [-0.25, -0.2) is 0 Å². The number of piperazine rings is 1. The van der Waals surface area contributed by atoms with Gasteiger partial charge in [0.2, 0.25) is 0 Å². The predicted octanol–water partition coefficient (Wildman–Crippen LogP) is 3.78. The van der Waals surface area contributed by atoms with Crippen molar-refractivity contribution in [3.05, 3.63) is 102 Å². The summed E-state index contributed by atoms with van der Waals surface area (Å²) in [6, 6.07) is 27.2. The van der Waals surface area contributed by atoms with Crippen molar-refractivity contribution < 1.29 is 9.59 Å². The average molecular weight is 490 g/mol. The molecule has 7 heteroatoms. The highest BCUT2D eigenvalue weighted by Gasteiger charge is 2.37. The molecular formula is C30H27N5O2. The van der Waals surface area contributed by atoms with E-state index >= 15 is 0 Å². The molecule has 2 saturated heterocycles. The van der Waals surface area contributed by atoms with E-state index in [1.54, 1.807) is 12.1 Å². The van der Waals surface area contributed by atoms with Crippen molar-refractivity contribution in [2.45, 2.75) is 6.04 Å². The number of amides is 2. The molecule has 3 heterocycles. The second-order valence-corrected chi connectivity index (χ2v) is 9.68. The normalized spacial score (nSPS) is 16.4. The van der Waals surface area contributed by atoms with Crippen molar-refractivity contribution in [1.82, 2.24) is 19.3 Å². The van der Waals surface area contributed by atoms with Crippen molar-refractivity contribution >= 4 is 22.7 Å². The lowest BCUT2D eigenvalue weighted by molar-refractivity contribution is 0.00854. The molecule has 0 aliphatic carbocycles. The van der Waals surface area contributed by atoms with E-state index < -0.39 is 0 Å². The molecule has 0 saturated carbocycles. The molecule has 0 radical (unpaired) electrons. The Bertz CT molecular complexity index is 1490. The van der Waals surface area contributed by atoms with E-state index in [0.29, 0.717) is 30.3 Å². The Kier molecular flexibility index (Phi) is 5.95. The van der Waals surface area contributed by atoms with Crippen LogP contribution in [0.2, 0.25) is 0 Å². The highest BCUT2D eigenvalue weighted by Crippen LogP contribution is 2.25. The predicted molar refractivity (Wildman–Crippen MR) is 142 cm³/mol. The van der Waals surface area contributed by atoms with Crippen LogP contribution in [0, 0.1) is 11.3 Å². The molecule has 1 aromatic heterocycles. The molecule has 3 aromatic carbocycles. The number of aromatic nitrogens is 1. The van der Waals surface area contributed by atoms with Gasteiger partial charge in [0, 0.05) is 73.7 Å². The minimum atomic E-state index is 0.0576. The highest BCUT2D eigenvalue weighted by atomic mass is 16.2. The third-order valence-corrected chi connectivity index (χ3v) is 7.50. The maximum absolute atomic E-state index is 13.2. The van der Waals surface area contributed by atoms with Gasteiger partial charge in [-0.05, 0) is 60.7 Å². The molecule has 184 valence electrons. The standard InChI is InChI=1S/C30H27N5O2/c31-19-22-6-9-26(10-7-22)35-13-12-24-18-25(8-11-28(24)35)30(37)34-20-27(21-34)32-14-16-33(17-15-32)29(36)23-4-2-1-3-5-23/h1-13,18,27H,14-17,20-21H2. The summed E-state index contributed by atoms with van der Waals surface area (Å²) in [5, 5.41) is 10.0. The molecule has 7 nitrogen and oxygen atoms in total. The van der Waals surface area contributed by atoms with Crippen LogP contribution in [0.1, 0.15) is 26.3 Å². The van der Waals surface area contributed by atoms with Crippen LogP contribution >= 0.6 is 0 Å². The van der Waals surface area contributed by atoms with Crippen LogP contribution in [0.15, 0.2) is 85.1 Å². The Morgan fingerprint density at radius 3 is 2.16 bits per heavy atom. The summed E-state index contributed by atoms with van der Waals surface area (Å²) in [4.78, 5) is 32.1. The summed E-state index contributed by atoms with van der Waals surface area (Å²) in [7, 11) is 0. The largest absolute Gasteiger partial charge is 0.336 e. The highest BCUT2D eigenvalue weighted by molar-refractivity contribution is 5.99. The van der Waals surface area contributed by atoms with Gasteiger partial charge < -0.3 is 14.4 Å². The summed E-state index contributed by atoms with van der Waals surface area (Å²) in [6.07, 6.45) is 1.99. The van der Waals surface area contributed by atoms with Crippen LogP contribution < -0.4 is 0 Å². The van der Waals surface area contributed by atoms with E-state index in [0.717, 1.165) is 48.3 Å². The Balaban J connectivity index is 1.06. The van der Waals surface area contributed by atoms with Crippen molar-refractivity contribution in [1.29, 1.82) is 5.26 Å². The average Bonchev–Trinajstić information content (AvgIpc) is 3.36. The Labute approximate surface area is 215 Å². The van der Waals surface area contributed by atoms with Crippen LogP contribution in [-0.2, 0) is 0 Å². The number of hydrogen-bond acceptors (Lipinski definition) is 4. The molecule has 0 atom stereocenters. The zero-order valence-electron chi connectivity index (χ0n) is 20.5. The second-order valence-electron chi connectivity index (χ2n) is 9.68. The molecule has 2 fully saturated rings. The van der Waals surface area contributed by atoms with E-state index in [-0.39, 0.29) is 11.8 Å². The van der Waals surface area contributed by atoms with Gasteiger partial charge in [0.05, 0.1) is 17.1 Å². The molecular weight excluding hydrogens is 462 g/mol. The lowest BCUT2D eigenvalue weighted by Gasteiger charge is -2.48. The Morgan fingerprint density at radius 1 is 0.757 bits per heavy atom. The van der Waals surface area contributed by atoms with Crippen LogP contribution in [0.3, 0.4) is 0 Å². The smallest absolute Gasteiger partial charge is 0.253 e. The maximum atomic E-state index is 13.2. The van der Waals surface area contributed by atoms with Gasteiger partial charge in [0.15, 0.2) is 0 Å². The van der Waals surface area contributed by atoms with Gasteiger partial charge in [-0.3, -0.25) is 14.5 Å². The van der Waals surface area contributed by atoms with E-state index in [1.807, 2.05) is 82.7 Å². The van der Waals surface area contributed by atoms with E-state index in [2.05, 4.69) is 15.5 Å². The molecule has 4 aromatic rings. The minimum Gasteiger partial charge on any atom is -0.336 e. The number of fused-ring (bicyclic) bond motifs is 1. The summed E-state index contributed by atoms with van der Waals surface area (Å²) in [5.74, 6) is 0.149. The van der Waals surface area contributed by atoms with Gasteiger partial charge in [0.25, 0.3) is 11.8 Å². The molecule has 0 N–H and O–H groups in total. The summed E-state index contributed by atoms with van der Waals surface area (Å²) < 4.78 is 2.06. The minimum absolute atomic E-state index is 0.0576. The maximum Gasteiger partial charge on any atom is 0.253 e. The third kappa shape index (κ3) is 4.37. The number of benzene rings is 3. The molecule has 0 unspecified atom stereocenters. The summed E-state index contributed by atoms with van der Waals surface area (Å²) >= 11 is 0. The van der Waals surface area contributed by atoms with E-state index in [4.69, 9.17) is 5.26 Å². The number of rotatable bonds is 4. The summed E-state index contributed by atoms with van der Waals surface area (Å²) in [6.45, 7) is 4.53. The lowest BCUT2D eigenvalue weighted by Crippen LogP contribution is -2.64. The molecule has 0 spiro atoms. The van der Waals surface area contributed by atoms with Crippen LogP contribution in [0.25, 0.3) is 16.6 Å². The van der Waals surface area contributed by atoms with Gasteiger partial charge in [0.1, 0.15) is 0 Å². The van der Waals surface area contributed by atoms with Gasteiger partial charge in [-0.1, -0.05) is 18.2 Å². The molecule has 2 amide bonds. The summed E-state index contributed by atoms with van der Waals surface area (Å²) in [5.41, 5.74) is 4.06. The Hall–Kier alpha value is -4.41. The number of carbonyl (C=O) groups excluding carboxylic acids is 2. The first kappa shape index (κ1) is 23.0. The molecule has 37 heavy (non-hydrogen) atoms. The zero-order chi connectivity index (χ0) is 25.4. The van der Waals surface area contributed by atoms with Crippen LogP contribution in [0.5, 0.6) is 0 Å². The van der Waals surface area contributed by atoms with Crippen molar-refractivity contribution in [2.24, 2.45) is 0 Å². The first-order chi connectivity index (χ1) is 18.1. The van der Waals surface area contributed by atoms with Gasteiger partial charge in [-0.2, -0.15) is 5.26 Å². The van der Waals surface area contributed by atoms with Crippen LogP contribution in [-0.4, -0.2) is 76.4 Å². The third-order valence-electron chi connectivity index (χ3n) is 7.50. The van der Waals surface area contributed by atoms with Crippen molar-refractivity contribution in [2.75, 3.05) is 39.3 Å². The number of carbonyl (C=O) groups is 2. The number of nitrogens with zero attached hydrogens (tertiary/aromatic N) is 5. The monoisotopic (exact) mass is 489 g/mol. The first-order valence-electron chi connectivity index (χ1n) is 12.6. The molecule has 6 rings (SSSR count). The first-order valence-corrected chi connectivity index (χ1v) is 12.6. The fourth-order valence-electron chi connectivity index (χ4n) is 5.29. The SMILES string of the molecule is N#Cc1ccc(-n2ccc3cc(C(=O)N4CC(N5CCN(C(=O)c6ccccc6)CC5)C4)ccc32)cc1. The molecule has 2 aliphatic heterocycles. The van der Waals surface area contributed by atoms with E-state index in [9.17, 15) is 9.59 Å². The number of nitriles is 1. The molecule has 0 bridgehead atoms. The fourth-order valence-corrected chi connectivity index (χ4v) is 5.29. The van der Waals surface area contributed by atoms with Crippen molar-refractivity contribution in [3.8, 4) is 11.8 Å². The Morgan fingerprint density at radius 2 is 1.46 bits per heavy atom. The number of likely N-dealkylation sites (tertiary alicyclic amines) is 1. The van der Waals surface area contributed by atoms with Crippen molar-refractivity contribution in [3.63, 3.8) is 0 Å².